The summed E-state index contributed by atoms with van der Waals surface area (Å²) >= 11 is 6.11. The minimum Gasteiger partial charge on any atom is -0.330 e. The van der Waals surface area contributed by atoms with E-state index in [2.05, 4.69) is 0 Å². The molecule has 0 aromatic rings. The Morgan fingerprint density at radius 3 is 2.60 bits per heavy atom. The predicted octanol–water partition coefficient (Wildman–Crippen LogP) is 2.13. The third-order valence-electron chi connectivity index (χ3n) is 2.35. The molecule has 0 heterocycles. The highest BCUT2D eigenvalue weighted by Gasteiger charge is 2.21. The smallest absolute Gasteiger partial charge is 0.0364 e. The van der Waals surface area contributed by atoms with Gasteiger partial charge in [-0.15, -0.1) is 11.6 Å². The molecule has 1 saturated carbocycles. The fourth-order valence-corrected chi connectivity index (χ4v) is 2.11. The summed E-state index contributed by atoms with van der Waals surface area (Å²) in [6, 6.07) is 0. The fraction of sp³-hybridized carbons (Fsp3) is 1.00. The zero-order valence-electron chi connectivity index (χ0n) is 6.35. The first-order chi connectivity index (χ1) is 4.84. The summed E-state index contributed by atoms with van der Waals surface area (Å²) in [5.41, 5.74) is 5.46. The first-order valence-corrected chi connectivity index (χ1v) is 4.62. The minimum atomic E-state index is 0.414. The van der Waals surface area contributed by atoms with Gasteiger partial charge in [0.15, 0.2) is 0 Å². The summed E-state index contributed by atoms with van der Waals surface area (Å²) in [7, 11) is 0. The fourth-order valence-electron chi connectivity index (χ4n) is 1.70. The lowest BCUT2D eigenvalue weighted by molar-refractivity contribution is 0.350. The van der Waals surface area contributed by atoms with Gasteiger partial charge in [-0.1, -0.05) is 12.8 Å². The minimum absolute atomic E-state index is 0.414. The summed E-state index contributed by atoms with van der Waals surface area (Å²) in [4.78, 5) is 0. The van der Waals surface area contributed by atoms with Gasteiger partial charge < -0.3 is 5.73 Å². The van der Waals surface area contributed by atoms with E-state index in [4.69, 9.17) is 17.3 Å². The second kappa shape index (κ2) is 4.20. The van der Waals surface area contributed by atoms with Crippen LogP contribution in [0.15, 0.2) is 0 Å². The van der Waals surface area contributed by atoms with Crippen LogP contribution in [-0.4, -0.2) is 11.9 Å². The quantitative estimate of drug-likeness (QED) is 0.617. The Labute approximate surface area is 67.9 Å². The van der Waals surface area contributed by atoms with E-state index in [-0.39, 0.29) is 0 Å². The monoisotopic (exact) mass is 161 g/mol. The second-order valence-electron chi connectivity index (χ2n) is 3.14. The maximum absolute atomic E-state index is 6.11. The van der Waals surface area contributed by atoms with Gasteiger partial charge in [-0.25, -0.2) is 0 Å². The molecule has 0 aromatic carbocycles. The lowest BCUT2D eigenvalue weighted by Crippen LogP contribution is -2.22. The number of halogens is 1. The van der Waals surface area contributed by atoms with Crippen LogP contribution in [0.1, 0.15) is 32.1 Å². The molecule has 2 heteroatoms. The van der Waals surface area contributed by atoms with E-state index in [0.717, 1.165) is 13.0 Å². The van der Waals surface area contributed by atoms with Gasteiger partial charge in [0.2, 0.25) is 0 Å². The molecule has 1 aliphatic rings. The van der Waals surface area contributed by atoms with Crippen molar-refractivity contribution in [3.63, 3.8) is 0 Å². The normalized spacial score (nSPS) is 34.2. The number of rotatable bonds is 2. The lowest BCUT2D eigenvalue weighted by Gasteiger charge is -2.26. The maximum atomic E-state index is 6.11. The van der Waals surface area contributed by atoms with Crippen LogP contribution in [0.25, 0.3) is 0 Å². The molecular weight excluding hydrogens is 146 g/mol. The number of hydrogen-bond acceptors (Lipinski definition) is 1. The van der Waals surface area contributed by atoms with E-state index in [0.29, 0.717) is 11.3 Å². The highest BCUT2D eigenvalue weighted by atomic mass is 35.5. The van der Waals surface area contributed by atoms with Crippen molar-refractivity contribution < 1.29 is 0 Å². The SMILES string of the molecule is NCCC1CCCCC1Cl. The van der Waals surface area contributed by atoms with Crippen LogP contribution < -0.4 is 5.73 Å². The predicted molar refractivity (Wildman–Crippen MR) is 45.3 cm³/mol. The van der Waals surface area contributed by atoms with E-state index < -0.39 is 0 Å². The van der Waals surface area contributed by atoms with Gasteiger partial charge in [0.1, 0.15) is 0 Å². The van der Waals surface area contributed by atoms with E-state index in [1.54, 1.807) is 0 Å². The number of alkyl halides is 1. The molecule has 1 nitrogen and oxygen atoms in total. The Morgan fingerprint density at radius 1 is 1.30 bits per heavy atom. The van der Waals surface area contributed by atoms with Crippen molar-refractivity contribution in [2.75, 3.05) is 6.54 Å². The van der Waals surface area contributed by atoms with Crippen LogP contribution in [0.3, 0.4) is 0 Å². The van der Waals surface area contributed by atoms with Gasteiger partial charge in [-0.05, 0) is 31.7 Å². The van der Waals surface area contributed by atoms with Crippen molar-refractivity contribution in [1.82, 2.24) is 0 Å². The molecule has 2 N–H and O–H groups in total. The molecule has 60 valence electrons. The third kappa shape index (κ3) is 2.14. The first-order valence-electron chi connectivity index (χ1n) is 4.18. The van der Waals surface area contributed by atoms with Crippen molar-refractivity contribution >= 4 is 11.6 Å². The molecular formula is C8H16ClN. The largest absolute Gasteiger partial charge is 0.330 e. The topological polar surface area (TPSA) is 26.0 Å². The van der Waals surface area contributed by atoms with Gasteiger partial charge in [0.25, 0.3) is 0 Å². The van der Waals surface area contributed by atoms with Crippen molar-refractivity contribution in [1.29, 1.82) is 0 Å². The average molecular weight is 162 g/mol. The molecule has 0 bridgehead atoms. The van der Waals surface area contributed by atoms with Gasteiger partial charge in [-0.3, -0.25) is 0 Å². The Bertz CT molecular complexity index is 93.3. The van der Waals surface area contributed by atoms with Crippen molar-refractivity contribution in [2.24, 2.45) is 11.7 Å². The summed E-state index contributed by atoms with van der Waals surface area (Å²) in [5, 5.41) is 0.414. The molecule has 2 atom stereocenters. The lowest BCUT2D eigenvalue weighted by atomic mass is 9.86. The van der Waals surface area contributed by atoms with E-state index in [1.807, 2.05) is 0 Å². The van der Waals surface area contributed by atoms with Crippen LogP contribution in [0.5, 0.6) is 0 Å². The zero-order chi connectivity index (χ0) is 7.40. The summed E-state index contributed by atoms with van der Waals surface area (Å²) in [5.74, 6) is 0.709. The molecule has 0 aromatic heterocycles. The molecule has 0 spiro atoms. The number of nitrogens with two attached hydrogens (primary N) is 1. The summed E-state index contributed by atoms with van der Waals surface area (Å²) < 4.78 is 0. The third-order valence-corrected chi connectivity index (χ3v) is 2.93. The molecule has 1 fully saturated rings. The van der Waals surface area contributed by atoms with E-state index >= 15 is 0 Å². The molecule has 1 aliphatic carbocycles. The van der Waals surface area contributed by atoms with Crippen LogP contribution in [0.2, 0.25) is 0 Å². The maximum Gasteiger partial charge on any atom is 0.0364 e. The van der Waals surface area contributed by atoms with E-state index in [1.165, 1.54) is 25.7 Å². The average Bonchev–Trinajstić information content (AvgIpc) is 1.94. The Hall–Kier alpha value is 0.250. The Kier molecular flexibility index (Phi) is 3.50. The van der Waals surface area contributed by atoms with Crippen molar-refractivity contribution in [3.05, 3.63) is 0 Å². The van der Waals surface area contributed by atoms with Crippen LogP contribution in [-0.2, 0) is 0 Å². The Morgan fingerprint density at radius 2 is 2.00 bits per heavy atom. The number of hydrogen-bond donors (Lipinski definition) is 1. The van der Waals surface area contributed by atoms with Crippen molar-refractivity contribution in [3.8, 4) is 0 Å². The van der Waals surface area contributed by atoms with Gasteiger partial charge >= 0.3 is 0 Å². The first kappa shape index (κ1) is 8.35. The van der Waals surface area contributed by atoms with E-state index in [9.17, 15) is 0 Å². The van der Waals surface area contributed by atoms with Crippen molar-refractivity contribution in [2.45, 2.75) is 37.5 Å². The molecule has 0 saturated heterocycles. The van der Waals surface area contributed by atoms with Gasteiger partial charge in [0, 0.05) is 5.38 Å². The Balaban J connectivity index is 2.25. The second-order valence-corrected chi connectivity index (χ2v) is 3.70. The van der Waals surface area contributed by atoms with Gasteiger partial charge in [-0.2, -0.15) is 0 Å². The zero-order valence-corrected chi connectivity index (χ0v) is 7.11. The highest BCUT2D eigenvalue weighted by molar-refractivity contribution is 6.20. The molecule has 10 heavy (non-hydrogen) atoms. The molecule has 0 amide bonds. The summed E-state index contributed by atoms with van der Waals surface area (Å²) in [6.07, 6.45) is 6.29. The molecule has 0 radical (unpaired) electrons. The summed E-state index contributed by atoms with van der Waals surface area (Å²) in [6.45, 7) is 0.799. The highest BCUT2D eigenvalue weighted by Crippen LogP contribution is 2.30. The van der Waals surface area contributed by atoms with Gasteiger partial charge in [0.05, 0.1) is 0 Å². The van der Waals surface area contributed by atoms with Crippen LogP contribution in [0.4, 0.5) is 0 Å². The molecule has 1 rings (SSSR count). The standard InChI is InChI=1S/C8H16ClN/c9-8-4-2-1-3-7(8)5-6-10/h7-8H,1-6,10H2. The molecule has 0 aliphatic heterocycles. The van der Waals surface area contributed by atoms with Crippen LogP contribution in [0, 0.1) is 5.92 Å². The molecule has 2 unspecified atom stereocenters. The van der Waals surface area contributed by atoms with Crippen LogP contribution >= 0.6 is 11.6 Å².